The Hall–Kier alpha value is -2.57. The number of carboxylic acid groups (broad SMARTS) is 1. The molecule has 2 N–H and O–H groups in total. The van der Waals surface area contributed by atoms with Crippen molar-refractivity contribution in [1.29, 1.82) is 0 Å². The quantitative estimate of drug-likeness (QED) is 0.760. The topological polar surface area (TPSA) is 95.9 Å². The van der Waals surface area contributed by atoms with Crippen LogP contribution in [0, 0.1) is 0 Å². The van der Waals surface area contributed by atoms with E-state index in [1.165, 1.54) is 5.56 Å². The van der Waals surface area contributed by atoms with Crippen LogP contribution in [-0.4, -0.2) is 47.0 Å². The predicted molar refractivity (Wildman–Crippen MR) is 98.3 cm³/mol. The van der Waals surface area contributed by atoms with Gasteiger partial charge in [-0.25, -0.2) is 0 Å². The first-order valence-corrected chi connectivity index (χ1v) is 9.37. The number of carboxylic acids is 1. The normalized spacial score (nSPS) is 21.5. The minimum Gasteiger partial charge on any atom is -0.497 e. The Balaban J connectivity index is 1.59. The highest BCUT2D eigenvalue weighted by Crippen LogP contribution is 2.31. The summed E-state index contributed by atoms with van der Waals surface area (Å²) in [6.07, 6.45) is 2.93. The average molecular weight is 374 g/mol. The number of nitrogens with zero attached hydrogens (tertiary/aromatic N) is 1. The summed E-state index contributed by atoms with van der Waals surface area (Å²) >= 11 is 0. The minimum absolute atomic E-state index is 0.00655. The number of rotatable bonds is 7. The van der Waals surface area contributed by atoms with Gasteiger partial charge in [0.2, 0.25) is 11.8 Å². The molecule has 0 unspecified atom stereocenters. The molecule has 3 rings (SSSR count). The van der Waals surface area contributed by atoms with Crippen molar-refractivity contribution in [1.82, 2.24) is 10.2 Å². The Labute approximate surface area is 158 Å². The fraction of sp³-hybridized carbons (Fsp3) is 0.550. The largest absolute Gasteiger partial charge is 0.497 e. The maximum absolute atomic E-state index is 12.7. The second kappa shape index (κ2) is 7.98. The molecule has 0 aliphatic carbocycles. The molecule has 1 fully saturated rings. The lowest BCUT2D eigenvalue weighted by Crippen LogP contribution is -2.44. The van der Waals surface area contributed by atoms with E-state index in [1.54, 1.807) is 7.11 Å². The third kappa shape index (κ3) is 4.59. The zero-order valence-electron chi connectivity index (χ0n) is 15.6. The number of nitrogens with one attached hydrogen (secondary N) is 1. The molecular weight excluding hydrogens is 348 g/mol. The Kier molecular flexibility index (Phi) is 5.68. The van der Waals surface area contributed by atoms with E-state index in [2.05, 4.69) is 5.32 Å². The number of carbonyl (C=O) groups is 3. The summed E-state index contributed by atoms with van der Waals surface area (Å²) in [5, 5.41) is 11.9. The van der Waals surface area contributed by atoms with Crippen molar-refractivity contribution in [2.45, 2.75) is 57.0 Å². The molecule has 7 heteroatoms. The van der Waals surface area contributed by atoms with Crippen LogP contribution in [-0.2, 0) is 27.3 Å². The zero-order chi connectivity index (χ0) is 19.4. The van der Waals surface area contributed by atoms with Gasteiger partial charge in [-0.2, -0.15) is 0 Å². The highest BCUT2D eigenvalue weighted by Gasteiger charge is 2.38. The molecule has 0 saturated carbocycles. The third-order valence-electron chi connectivity index (χ3n) is 5.65. The summed E-state index contributed by atoms with van der Waals surface area (Å²) in [6.45, 7) is 1.24. The Bertz CT molecular complexity index is 748. The van der Waals surface area contributed by atoms with Crippen LogP contribution in [0.3, 0.4) is 0 Å². The van der Waals surface area contributed by atoms with Crippen molar-refractivity contribution < 1.29 is 24.2 Å². The summed E-state index contributed by atoms with van der Waals surface area (Å²) in [5.41, 5.74) is 1.77. The standard InChI is InChI=1S/C20H26N2O5/c1-27-16-3-2-15-13-22(11-7-14(15)12-16)18(24)5-9-20(10-6-19(25)26)8-4-17(23)21-20/h2-3,12H,4-11,13H2,1H3,(H,21,23)(H,25,26)/t20-/m0/s1. The van der Waals surface area contributed by atoms with E-state index in [1.807, 2.05) is 23.1 Å². The van der Waals surface area contributed by atoms with Crippen LogP contribution < -0.4 is 10.1 Å². The molecule has 2 amide bonds. The first kappa shape index (κ1) is 19.2. The van der Waals surface area contributed by atoms with Gasteiger partial charge >= 0.3 is 5.97 Å². The molecule has 1 aromatic rings. The van der Waals surface area contributed by atoms with Crippen LogP contribution in [0.5, 0.6) is 5.75 Å². The maximum atomic E-state index is 12.7. The summed E-state index contributed by atoms with van der Waals surface area (Å²) in [4.78, 5) is 37.2. The minimum atomic E-state index is -0.884. The number of ether oxygens (including phenoxy) is 1. The Morgan fingerprint density at radius 1 is 1.22 bits per heavy atom. The molecule has 2 aliphatic heterocycles. The fourth-order valence-electron chi connectivity index (χ4n) is 3.99. The highest BCUT2D eigenvalue weighted by atomic mass is 16.5. The van der Waals surface area contributed by atoms with Gasteiger partial charge in [0.15, 0.2) is 0 Å². The second-order valence-electron chi connectivity index (χ2n) is 7.42. The van der Waals surface area contributed by atoms with E-state index in [0.717, 1.165) is 17.7 Å². The number of hydrogen-bond acceptors (Lipinski definition) is 4. The molecule has 146 valence electrons. The lowest BCUT2D eigenvalue weighted by Gasteiger charge is -2.32. The number of carbonyl (C=O) groups excluding carboxylic acids is 2. The van der Waals surface area contributed by atoms with E-state index in [4.69, 9.17) is 9.84 Å². The molecule has 1 atom stereocenters. The second-order valence-corrected chi connectivity index (χ2v) is 7.42. The summed E-state index contributed by atoms with van der Waals surface area (Å²) in [6, 6.07) is 5.92. The lowest BCUT2D eigenvalue weighted by molar-refractivity contribution is -0.137. The van der Waals surface area contributed by atoms with E-state index in [0.29, 0.717) is 45.2 Å². The SMILES string of the molecule is COc1ccc2c(c1)CCN(C(=O)CC[C@]1(CCC(=O)O)CCC(=O)N1)C2. The fourth-order valence-corrected chi connectivity index (χ4v) is 3.99. The summed E-state index contributed by atoms with van der Waals surface area (Å²) in [5.74, 6) is -0.0724. The first-order valence-electron chi connectivity index (χ1n) is 9.37. The van der Waals surface area contributed by atoms with Crippen molar-refractivity contribution in [3.63, 3.8) is 0 Å². The van der Waals surface area contributed by atoms with Crippen molar-refractivity contribution in [2.24, 2.45) is 0 Å². The smallest absolute Gasteiger partial charge is 0.303 e. The van der Waals surface area contributed by atoms with Gasteiger partial charge in [0, 0.05) is 37.9 Å². The number of hydrogen-bond donors (Lipinski definition) is 2. The van der Waals surface area contributed by atoms with Gasteiger partial charge in [0.05, 0.1) is 7.11 Å². The molecule has 0 radical (unpaired) electrons. The van der Waals surface area contributed by atoms with Gasteiger partial charge in [-0.05, 0) is 48.9 Å². The first-order chi connectivity index (χ1) is 12.9. The number of benzene rings is 1. The molecule has 0 aromatic heterocycles. The zero-order valence-corrected chi connectivity index (χ0v) is 15.6. The Morgan fingerprint density at radius 3 is 2.67 bits per heavy atom. The molecule has 0 spiro atoms. The maximum Gasteiger partial charge on any atom is 0.303 e. The van der Waals surface area contributed by atoms with Crippen LogP contribution in [0.2, 0.25) is 0 Å². The van der Waals surface area contributed by atoms with Gasteiger partial charge < -0.3 is 20.1 Å². The molecule has 27 heavy (non-hydrogen) atoms. The van der Waals surface area contributed by atoms with Gasteiger partial charge in [-0.1, -0.05) is 6.07 Å². The van der Waals surface area contributed by atoms with Gasteiger partial charge in [-0.15, -0.1) is 0 Å². The van der Waals surface area contributed by atoms with Gasteiger partial charge in [-0.3, -0.25) is 14.4 Å². The van der Waals surface area contributed by atoms with Crippen LogP contribution >= 0.6 is 0 Å². The number of aliphatic carboxylic acids is 1. The molecule has 0 bridgehead atoms. The van der Waals surface area contributed by atoms with Crippen LogP contribution in [0.1, 0.15) is 49.7 Å². The van der Waals surface area contributed by atoms with E-state index in [9.17, 15) is 14.4 Å². The molecule has 1 aromatic carbocycles. The molecule has 7 nitrogen and oxygen atoms in total. The third-order valence-corrected chi connectivity index (χ3v) is 5.65. The van der Waals surface area contributed by atoms with Crippen LogP contribution in [0.15, 0.2) is 18.2 Å². The van der Waals surface area contributed by atoms with Gasteiger partial charge in [0.25, 0.3) is 0 Å². The molecule has 2 heterocycles. The molecule has 1 saturated heterocycles. The molecule has 2 aliphatic rings. The van der Waals surface area contributed by atoms with Gasteiger partial charge in [0.1, 0.15) is 5.75 Å². The average Bonchev–Trinajstić information content (AvgIpc) is 3.05. The van der Waals surface area contributed by atoms with E-state index >= 15 is 0 Å². The number of methoxy groups -OCH3 is 1. The predicted octanol–water partition coefficient (Wildman–Crippen LogP) is 1.87. The highest BCUT2D eigenvalue weighted by molar-refractivity contribution is 5.80. The summed E-state index contributed by atoms with van der Waals surface area (Å²) in [7, 11) is 1.64. The Morgan fingerprint density at radius 2 is 2.00 bits per heavy atom. The van der Waals surface area contributed by atoms with Crippen LogP contribution in [0.4, 0.5) is 0 Å². The van der Waals surface area contributed by atoms with Crippen molar-refractivity contribution in [3.05, 3.63) is 29.3 Å². The van der Waals surface area contributed by atoms with Crippen molar-refractivity contribution in [2.75, 3.05) is 13.7 Å². The van der Waals surface area contributed by atoms with Crippen LogP contribution in [0.25, 0.3) is 0 Å². The van der Waals surface area contributed by atoms with E-state index in [-0.39, 0.29) is 18.2 Å². The number of amides is 2. The van der Waals surface area contributed by atoms with Crippen molar-refractivity contribution >= 4 is 17.8 Å². The van der Waals surface area contributed by atoms with E-state index < -0.39 is 11.5 Å². The monoisotopic (exact) mass is 374 g/mol. The summed E-state index contributed by atoms with van der Waals surface area (Å²) < 4.78 is 5.25. The molecular formula is C20H26N2O5. The van der Waals surface area contributed by atoms with Crippen molar-refractivity contribution in [3.8, 4) is 5.75 Å². The lowest BCUT2D eigenvalue weighted by atomic mass is 9.86. The number of fused-ring (bicyclic) bond motifs is 1.